The first-order chi connectivity index (χ1) is 12.8. The first kappa shape index (κ1) is 25.4. The van der Waals surface area contributed by atoms with E-state index in [2.05, 4.69) is 25.2 Å². The summed E-state index contributed by atoms with van der Waals surface area (Å²) in [6.45, 7) is -1.40. The summed E-state index contributed by atoms with van der Waals surface area (Å²) in [6, 6.07) is 0. The summed E-state index contributed by atoms with van der Waals surface area (Å²) >= 11 is 33.4. The average molecular weight is 539 g/mol. The van der Waals surface area contributed by atoms with E-state index in [-0.39, 0.29) is 11.0 Å². The molecule has 0 saturated heterocycles. The largest absolute Gasteiger partial charge is 0.445 e. The molecule has 0 saturated carbocycles. The molecule has 0 aliphatic carbocycles. The number of alkyl halides is 6. The Labute approximate surface area is 191 Å². The molecule has 0 fully saturated rings. The van der Waals surface area contributed by atoms with Crippen molar-refractivity contribution in [3.63, 3.8) is 0 Å². The van der Waals surface area contributed by atoms with Crippen molar-refractivity contribution in [3.05, 3.63) is 5.38 Å². The SMILES string of the molecule is O=C(CNNC(=O)OCC(Cl)(Cl)Cl)Oc1csc(NC(=O)OCC(Cl)(Cl)Cl)n1. The molecule has 0 spiro atoms. The Bertz CT molecular complexity index is 694. The molecule has 2 amide bonds. The van der Waals surface area contributed by atoms with E-state index in [0.717, 1.165) is 11.3 Å². The number of esters is 1. The normalized spacial score (nSPS) is 11.5. The van der Waals surface area contributed by atoms with Crippen LogP contribution in [-0.4, -0.2) is 50.5 Å². The lowest BCUT2D eigenvalue weighted by molar-refractivity contribution is -0.133. The van der Waals surface area contributed by atoms with E-state index >= 15 is 0 Å². The molecule has 17 heteroatoms. The number of ether oxygens (including phenoxy) is 3. The summed E-state index contributed by atoms with van der Waals surface area (Å²) in [7, 11) is 0. The van der Waals surface area contributed by atoms with E-state index in [9.17, 15) is 14.4 Å². The quantitative estimate of drug-likeness (QED) is 0.273. The molecule has 0 unspecified atom stereocenters. The number of rotatable bonds is 7. The number of amides is 2. The van der Waals surface area contributed by atoms with Gasteiger partial charge in [0.25, 0.3) is 0 Å². The van der Waals surface area contributed by atoms with Crippen LogP contribution in [0.15, 0.2) is 5.38 Å². The zero-order chi connectivity index (χ0) is 21.4. The van der Waals surface area contributed by atoms with Gasteiger partial charge in [0.1, 0.15) is 19.8 Å². The summed E-state index contributed by atoms with van der Waals surface area (Å²) < 4.78 is 10.5. The molecule has 0 radical (unpaired) electrons. The summed E-state index contributed by atoms with van der Waals surface area (Å²) in [4.78, 5) is 38.2. The van der Waals surface area contributed by atoms with E-state index in [1.54, 1.807) is 0 Å². The molecule has 1 aromatic rings. The maximum atomic E-state index is 11.6. The highest BCUT2D eigenvalue weighted by molar-refractivity contribution is 7.14. The van der Waals surface area contributed by atoms with Crippen LogP contribution in [0.3, 0.4) is 0 Å². The number of nitrogens with zero attached hydrogens (tertiary/aromatic N) is 1. The summed E-state index contributed by atoms with van der Waals surface area (Å²) in [5.41, 5.74) is 4.25. The predicted octanol–water partition coefficient (Wildman–Crippen LogP) is 3.57. The van der Waals surface area contributed by atoms with Gasteiger partial charge < -0.3 is 14.2 Å². The van der Waals surface area contributed by atoms with Crippen molar-refractivity contribution in [3.8, 4) is 5.88 Å². The molecule has 1 rings (SSSR count). The molecule has 0 aromatic carbocycles. The lowest BCUT2D eigenvalue weighted by atomic mass is 10.7. The third-order valence-electron chi connectivity index (χ3n) is 2.07. The number of carbonyl (C=O) groups is 3. The lowest BCUT2D eigenvalue weighted by Gasteiger charge is -2.12. The van der Waals surface area contributed by atoms with Gasteiger partial charge in [0.05, 0.1) is 5.38 Å². The van der Waals surface area contributed by atoms with E-state index in [0.29, 0.717) is 0 Å². The molecule has 1 aromatic heterocycles. The summed E-state index contributed by atoms with van der Waals surface area (Å²) in [6.07, 6.45) is -1.90. The third kappa shape index (κ3) is 12.7. The van der Waals surface area contributed by atoms with Gasteiger partial charge in [-0.05, 0) is 0 Å². The number of hydrazine groups is 1. The van der Waals surface area contributed by atoms with Gasteiger partial charge in [-0.1, -0.05) is 69.6 Å². The first-order valence-corrected chi connectivity index (χ1v) is 9.88. The van der Waals surface area contributed by atoms with Crippen LogP contribution >= 0.6 is 80.9 Å². The van der Waals surface area contributed by atoms with Gasteiger partial charge in [-0.15, -0.1) is 11.3 Å². The maximum absolute atomic E-state index is 11.6. The van der Waals surface area contributed by atoms with Crippen LogP contribution in [0.4, 0.5) is 14.7 Å². The van der Waals surface area contributed by atoms with Gasteiger partial charge in [0, 0.05) is 0 Å². The molecular weight excluding hydrogens is 529 g/mol. The minimum atomic E-state index is -1.76. The molecule has 0 aliphatic rings. The minimum Gasteiger partial charge on any atom is -0.445 e. The number of hydrogen-bond acceptors (Lipinski definition) is 9. The minimum absolute atomic E-state index is 0.0680. The number of carbonyl (C=O) groups excluding carboxylic acids is 3. The van der Waals surface area contributed by atoms with Crippen molar-refractivity contribution in [2.24, 2.45) is 0 Å². The highest BCUT2D eigenvalue weighted by Gasteiger charge is 2.23. The van der Waals surface area contributed by atoms with E-state index in [1.807, 2.05) is 5.43 Å². The Hall–Kier alpha value is -0.660. The lowest BCUT2D eigenvalue weighted by Crippen LogP contribution is -2.42. The van der Waals surface area contributed by atoms with Crippen molar-refractivity contribution < 1.29 is 28.6 Å². The first-order valence-electron chi connectivity index (χ1n) is 6.73. The van der Waals surface area contributed by atoms with Gasteiger partial charge in [-0.25, -0.2) is 15.0 Å². The van der Waals surface area contributed by atoms with E-state index < -0.39 is 45.5 Å². The summed E-state index contributed by atoms with van der Waals surface area (Å²) in [5.74, 6) is -0.912. The molecule has 3 N–H and O–H groups in total. The van der Waals surface area contributed by atoms with Crippen LogP contribution in [0.1, 0.15) is 0 Å². The Morgan fingerprint density at radius 1 is 1.00 bits per heavy atom. The Morgan fingerprint density at radius 2 is 1.57 bits per heavy atom. The van der Waals surface area contributed by atoms with Gasteiger partial charge in [0.2, 0.25) is 13.5 Å². The Morgan fingerprint density at radius 3 is 2.14 bits per heavy atom. The van der Waals surface area contributed by atoms with Gasteiger partial charge in [-0.2, -0.15) is 4.98 Å². The Kier molecular flexibility index (Phi) is 10.4. The average Bonchev–Trinajstić information content (AvgIpc) is 2.96. The van der Waals surface area contributed by atoms with Crippen molar-refractivity contribution in [1.29, 1.82) is 0 Å². The fraction of sp³-hybridized carbons (Fsp3) is 0.455. The smallest absolute Gasteiger partial charge is 0.421 e. The number of anilines is 1. The molecule has 0 atom stereocenters. The van der Waals surface area contributed by atoms with Crippen LogP contribution in [0.5, 0.6) is 5.88 Å². The molecular formula is C11H10Cl6N4O6S. The fourth-order valence-electron chi connectivity index (χ4n) is 1.16. The van der Waals surface area contributed by atoms with Crippen molar-refractivity contribution in [2.45, 2.75) is 7.59 Å². The highest BCUT2D eigenvalue weighted by atomic mass is 35.6. The zero-order valence-corrected chi connectivity index (χ0v) is 18.6. The van der Waals surface area contributed by atoms with Gasteiger partial charge >= 0.3 is 18.2 Å². The van der Waals surface area contributed by atoms with Crippen LogP contribution in [0, 0.1) is 0 Å². The van der Waals surface area contributed by atoms with Gasteiger partial charge in [0.15, 0.2) is 5.13 Å². The van der Waals surface area contributed by atoms with Crippen LogP contribution in [-0.2, 0) is 14.3 Å². The van der Waals surface area contributed by atoms with E-state index in [4.69, 9.17) is 74.3 Å². The predicted molar refractivity (Wildman–Crippen MR) is 106 cm³/mol. The molecule has 0 bridgehead atoms. The summed E-state index contributed by atoms with van der Waals surface area (Å²) in [5, 5.41) is 3.66. The standard InChI is InChI=1S/C11H10Cl6N4O6S/c12-10(13,14)3-25-8(23)20-7-19-5(2-28-7)27-6(22)1-18-21-9(24)26-4-11(15,16)17/h2,18H,1,3-4H2,(H,21,24)(H,19,20,23). The van der Waals surface area contributed by atoms with E-state index in [1.165, 1.54) is 5.38 Å². The second-order valence-electron chi connectivity index (χ2n) is 4.45. The molecule has 158 valence electrons. The maximum Gasteiger partial charge on any atom is 0.421 e. The van der Waals surface area contributed by atoms with Gasteiger partial charge in [-0.3, -0.25) is 15.5 Å². The van der Waals surface area contributed by atoms with Crippen molar-refractivity contribution in [1.82, 2.24) is 15.8 Å². The third-order valence-corrected chi connectivity index (χ3v) is 3.46. The molecule has 1 heterocycles. The highest BCUT2D eigenvalue weighted by Crippen LogP contribution is 2.27. The zero-order valence-electron chi connectivity index (χ0n) is 13.3. The number of aromatic nitrogens is 1. The topological polar surface area (TPSA) is 128 Å². The van der Waals surface area contributed by atoms with Crippen LogP contribution in [0.25, 0.3) is 0 Å². The number of nitrogens with one attached hydrogen (secondary N) is 3. The second kappa shape index (κ2) is 11.5. The molecule has 10 nitrogen and oxygen atoms in total. The fourth-order valence-corrected chi connectivity index (χ4v) is 2.08. The van der Waals surface area contributed by atoms with Crippen molar-refractivity contribution >= 4 is 104 Å². The van der Waals surface area contributed by atoms with Crippen molar-refractivity contribution in [2.75, 3.05) is 25.1 Å². The van der Waals surface area contributed by atoms with Crippen LogP contribution in [0.2, 0.25) is 0 Å². The number of thiazole rings is 1. The number of hydrogen-bond donors (Lipinski definition) is 3. The second-order valence-corrected chi connectivity index (χ2v) is 10.3. The number of halogens is 6. The Balaban J connectivity index is 2.30. The van der Waals surface area contributed by atoms with Crippen LogP contribution < -0.4 is 20.9 Å². The monoisotopic (exact) mass is 536 g/mol. The molecule has 0 aliphatic heterocycles. The molecule has 28 heavy (non-hydrogen) atoms.